The number of hydrogen-bond acceptors (Lipinski definition) is 2. The van der Waals surface area contributed by atoms with Crippen LogP contribution in [0.3, 0.4) is 0 Å². The zero-order valence-corrected chi connectivity index (χ0v) is 28.1. The van der Waals surface area contributed by atoms with Gasteiger partial charge in [-0.1, -0.05) is 133 Å². The van der Waals surface area contributed by atoms with Crippen LogP contribution in [0.2, 0.25) is 0 Å². The number of nitrogens with zero attached hydrogens (tertiary/aromatic N) is 4. The van der Waals surface area contributed by atoms with Crippen molar-refractivity contribution in [2.45, 2.75) is 0 Å². The Kier molecular flexibility index (Phi) is 6.22. The Labute approximate surface area is 299 Å². The van der Waals surface area contributed by atoms with Gasteiger partial charge in [0, 0.05) is 32.8 Å². The molecule has 0 saturated heterocycles. The summed E-state index contributed by atoms with van der Waals surface area (Å²) in [5.41, 5.74) is 11.6. The molecule has 0 atom stereocenters. The number of benzene rings is 8. The maximum absolute atomic E-state index is 5.43. The molecular formula is C48H30N4. The van der Waals surface area contributed by atoms with E-state index in [0.717, 1.165) is 55.9 Å². The molecule has 0 aliphatic carbocycles. The van der Waals surface area contributed by atoms with Crippen LogP contribution in [0, 0.1) is 0 Å². The van der Waals surface area contributed by atoms with Crippen molar-refractivity contribution in [1.82, 2.24) is 19.1 Å². The zero-order chi connectivity index (χ0) is 34.2. The summed E-state index contributed by atoms with van der Waals surface area (Å²) >= 11 is 0. The molecule has 0 amide bonds. The minimum Gasteiger partial charge on any atom is -0.309 e. The van der Waals surface area contributed by atoms with E-state index in [4.69, 9.17) is 9.97 Å². The van der Waals surface area contributed by atoms with E-state index in [1.165, 1.54) is 43.4 Å². The predicted octanol–water partition coefficient (Wildman–Crippen LogP) is 12.3. The molecule has 0 fully saturated rings. The van der Waals surface area contributed by atoms with Crippen LogP contribution in [0.4, 0.5) is 0 Å². The van der Waals surface area contributed by atoms with E-state index in [0.29, 0.717) is 0 Å². The lowest BCUT2D eigenvalue weighted by Crippen LogP contribution is -2.04. The Hall–Kier alpha value is -7.04. The molecule has 3 aromatic heterocycles. The Bertz CT molecular complexity index is 3160. The molecule has 0 N–H and O–H groups in total. The van der Waals surface area contributed by atoms with E-state index in [1.807, 2.05) is 24.3 Å². The fourth-order valence-electron chi connectivity index (χ4n) is 8.13. The van der Waals surface area contributed by atoms with Gasteiger partial charge in [-0.05, 0) is 70.4 Å². The lowest BCUT2D eigenvalue weighted by atomic mass is 10.0. The molecule has 0 aliphatic heterocycles. The monoisotopic (exact) mass is 662 g/mol. The van der Waals surface area contributed by atoms with Gasteiger partial charge in [-0.2, -0.15) is 0 Å². The molecule has 4 heteroatoms. The second kappa shape index (κ2) is 11.2. The van der Waals surface area contributed by atoms with Gasteiger partial charge in [-0.15, -0.1) is 0 Å². The maximum atomic E-state index is 5.43. The molecule has 0 radical (unpaired) electrons. The Balaban J connectivity index is 1.34. The van der Waals surface area contributed by atoms with Gasteiger partial charge in [0.25, 0.3) is 0 Å². The number of hydrogen-bond donors (Lipinski definition) is 0. The molecule has 0 unspecified atom stereocenters. The van der Waals surface area contributed by atoms with E-state index >= 15 is 0 Å². The molecule has 4 nitrogen and oxygen atoms in total. The highest BCUT2D eigenvalue weighted by Crippen LogP contribution is 2.43. The summed E-state index contributed by atoms with van der Waals surface area (Å²) in [7, 11) is 0. The fraction of sp³-hybridized carbons (Fsp3) is 0. The molecular weight excluding hydrogens is 633 g/mol. The number of para-hydroxylation sites is 3. The van der Waals surface area contributed by atoms with Crippen molar-refractivity contribution in [2.75, 3.05) is 0 Å². The first-order chi connectivity index (χ1) is 25.8. The topological polar surface area (TPSA) is 35.6 Å². The average molecular weight is 663 g/mol. The van der Waals surface area contributed by atoms with Crippen molar-refractivity contribution < 1.29 is 0 Å². The molecule has 0 aliphatic rings. The van der Waals surface area contributed by atoms with Gasteiger partial charge in [0.2, 0.25) is 0 Å². The summed E-state index contributed by atoms with van der Waals surface area (Å²) in [6.45, 7) is 0. The third-order valence-electron chi connectivity index (χ3n) is 10.5. The van der Waals surface area contributed by atoms with Crippen LogP contribution in [0.1, 0.15) is 0 Å². The van der Waals surface area contributed by atoms with Gasteiger partial charge < -0.3 is 4.57 Å². The second-order valence-electron chi connectivity index (χ2n) is 13.4. The van der Waals surface area contributed by atoms with Crippen molar-refractivity contribution >= 4 is 65.4 Å². The molecule has 52 heavy (non-hydrogen) atoms. The first-order valence-electron chi connectivity index (χ1n) is 17.7. The summed E-state index contributed by atoms with van der Waals surface area (Å²) in [4.78, 5) is 10.7. The van der Waals surface area contributed by atoms with Gasteiger partial charge in [0.15, 0.2) is 5.82 Å². The normalized spacial score (nSPS) is 11.8. The molecule has 0 spiro atoms. The third-order valence-corrected chi connectivity index (χ3v) is 10.5. The largest absolute Gasteiger partial charge is 0.309 e. The van der Waals surface area contributed by atoms with Crippen molar-refractivity contribution in [1.29, 1.82) is 0 Å². The van der Waals surface area contributed by atoms with Gasteiger partial charge in [-0.25, -0.2) is 9.97 Å². The molecule has 242 valence electrons. The number of aromatic nitrogens is 4. The third kappa shape index (κ3) is 4.28. The second-order valence-corrected chi connectivity index (χ2v) is 13.4. The summed E-state index contributed by atoms with van der Waals surface area (Å²) < 4.78 is 4.77. The summed E-state index contributed by atoms with van der Waals surface area (Å²) in [6.07, 6.45) is 0. The first kappa shape index (κ1) is 28.8. The van der Waals surface area contributed by atoms with E-state index < -0.39 is 0 Å². The summed E-state index contributed by atoms with van der Waals surface area (Å²) in [5, 5.41) is 7.32. The van der Waals surface area contributed by atoms with Gasteiger partial charge in [0.05, 0.1) is 33.1 Å². The summed E-state index contributed by atoms with van der Waals surface area (Å²) in [5.74, 6) is 0.808. The predicted molar refractivity (Wildman–Crippen MR) is 217 cm³/mol. The van der Waals surface area contributed by atoms with E-state index in [-0.39, 0.29) is 0 Å². The average Bonchev–Trinajstić information content (AvgIpc) is 3.72. The van der Waals surface area contributed by atoms with Crippen LogP contribution < -0.4 is 0 Å². The van der Waals surface area contributed by atoms with E-state index in [1.54, 1.807) is 0 Å². The quantitative estimate of drug-likeness (QED) is 0.188. The molecule has 3 heterocycles. The standard InChI is InChI=1S/C48H30N4/c1-4-14-31(15-5-1)34-24-26-37-38-29-39-45(51(35-19-8-3-9-20-35)42-27-25-32-16-10-11-21-36(32)46(39)42)30-44(38)52(43(37)28-34)48-47(33-17-6-2-7-18-33)49-40-22-12-13-23-41(40)50-48/h1-30H. The molecule has 11 aromatic rings. The highest BCUT2D eigenvalue weighted by atomic mass is 15.1. The van der Waals surface area contributed by atoms with Gasteiger partial charge in [-0.3, -0.25) is 4.57 Å². The minimum absolute atomic E-state index is 0.808. The fourth-order valence-corrected chi connectivity index (χ4v) is 8.13. The smallest absolute Gasteiger partial charge is 0.165 e. The summed E-state index contributed by atoms with van der Waals surface area (Å²) in [6, 6.07) is 64.8. The van der Waals surface area contributed by atoms with Crippen LogP contribution in [0.5, 0.6) is 0 Å². The lowest BCUT2D eigenvalue weighted by Gasteiger charge is -2.14. The lowest BCUT2D eigenvalue weighted by molar-refractivity contribution is 1.08. The van der Waals surface area contributed by atoms with Crippen molar-refractivity contribution in [3.8, 4) is 33.9 Å². The van der Waals surface area contributed by atoms with Crippen molar-refractivity contribution in [3.05, 3.63) is 182 Å². The first-order valence-corrected chi connectivity index (χ1v) is 17.7. The van der Waals surface area contributed by atoms with Crippen LogP contribution in [-0.4, -0.2) is 19.1 Å². The van der Waals surface area contributed by atoms with E-state index in [2.05, 4.69) is 167 Å². The number of fused-ring (bicyclic) bond motifs is 9. The van der Waals surface area contributed by atoms with Crippen molar-refractivity contribution in [2.24, 2.45) is 0 Å². The minimum atomic E-state index is 0.808. The molecule has 0 bridgehead atoms. The molecule has 0 saturated carbocycles. The number of rotatable bonds is 4. The molecule has 8 aromatic carbocycles. The molecule has 11 rings (SSSR count). The van der Waals surface area contributed by atoms with E-state index in [9.17, 15) is 0 Å². The van der Waals surface area contributed by atoms with Crippen molar-refractivity contribution in [3.63, 3.8) is 0 Å². The van der Waals surface area contributed by atoms with Gasteiger partial charge >= 0.3 is 0 Å². The highest BCUT2D eigenvalue weighted by molar-refractivity contribution is 6.25. The Morgan fingerprint density at radius 3 is 1.77 bits per heavy atom. The Morgan fingerprint density at radius 1 is 0.346 bits per heavy atom. The zero-order valence-electron chi connectivity index (χ0n) is 28.1. The highest BCUT2D eigenvalue weighted by Gasteiger charge is 2.23. The van der Waals surface area contributed by atoms with Crippen LogP contribution in [-0.2, 0) is 0 Å². The van der Waals surface area contributed by atoms with Gasteiger partial charge in [0.1, 0.15) is 5.69 Å². The van der Waals surface area contributed by atoms with Crippen LogP contribution >= 0.6 is 0 Å². The maximum Gasteiger partial charge on any atom is 0.165 e. The SMILES string of the molecule is c1ccc(-c2ccc3c4cc5c6c7ccccc7ccc6n(-c6ccccc6)c5cc4n(-c4nc5ccccc5nc4-c4ccccc4)c3c2)cc1. The van der Waals surface area contributed by atoms with Crippen LogP contribution in [0.15, 0.2) is 182 Å². The Morgan fingerprint density at radius 2 is 0.981 bits per heavy atom. The van der Waals surface area contributed by atoms with Crippen LogP contribution in [0.25, 0.3) is 99.3 Å².